The average molecular weight is 225 g/mol. The van der Waals surface area contributed by atoms with Gasteiger partial charge in [-0.2, -0.15) is 0 Å². The van der Waals surface area contributed by atoms with Crippen molar-refractivity contribution < 1.29 is 13.9 Å². The molecule has 78 valence electrons. The van der Waals surface area contributed by atoms with E-state index in [2.05, 4.69) is 4.74 Å². The van der Waals surface area contributed by atoms with Crippen molar-refractivity contribution in [3.8, 4) is 0 Å². The molecular weight excluding hydrogens is 216 g/mol. The highest BCUT2D eigenvalue weighted by atomic mass is 35.5. The maximum absolute atomic E-state index is 9.97. The molecule has 1 aromatic carbocycles. The van der Waals surface area contributed by atoms with Crippen molar-refractivity contribution >= 4 is 28.8 Å². The lowest BCUT2D eigenvalue weighted by molar-refractivity contribution is -0.128. The Morgan fingerprint density at radius 1 is 1.47 bits per heavy atom. The quantitative estimate of drug-likeness (QED) is 0.592. The summed E-state index contributed by atoms with van der Waals surface area (Å²) in [7, 11) is 0. The Labute approximate surface area is 91.6 Å². The average Bonchev–Trinajstić information content (AvgIpc) is 2.61. The van der Waals surface area contributed by atoms with Crippen molar-refractivity contribution in [1.29, 1.82) is 0 Å². The monoisotopic (exact) mass is 224 g/mol. The molecule has 0 unspecified atom stereocenters. The van der Waals surface area contributed by atoms with Crippen molar-refractivity contribution in [3.05, 3.63) is 35.2 Å². The molecule has 0 radical (unpaired) electrons. The van der Waals surface area contributed by atoms with Gasteiger partial charge in [-0.05, 0) is 18.2 Å². The Bertz CT molecular complexity index is 476. The first-order valence-corrected chi connectivity index (χ1v) is 4.90. The van der Waals surface area contributed by atoms with Gasteiger partial charge in [0.2, 0.25) is 0 Å². The Hall–Kier alpha value is -1.48. The normalized spacial score (nSPS) is 10.5. The highest BCUT2D eigenvalue weighted by molar-refractivity contribution is 6.31. The highest BCUT2D eigenvalue weighted by Gasteiger charge is 2.06. The first-order chi connectivity index (χ1) is 7.31. The summed E-state index contributed by atoms with van der Waals surface area (Å²) < 4.78 is 9.97. The summed E-state index contributed by atoms with van der Waals surface area (Å²) in [5, 5.41) is 2.65. The van der Waals surface area contributed by atoms with E-state index in [4.69, 9.17) is 16.0 Å². The molecule has 0 amide bonds. The Morgan fingerprint density at radius 2 is 2.33 bits per heavy atom. The van der Waals surface area contributed by atoms with Crippen LogP contribution in [0.2, 0.25) is 5.02 Å². The topological polar surface area (TPSA) is 39.4 Å². The standard InChI is InChI=1S/C11H9ClO3/c12-9-1-2-10-8(5-9)6-15-11(10)3-4-14-7-13/h1-2,5-7H,3-4H2. The van der Waals surface area contributed by atoms with E-state index in [0.29, 0.717) is 24.5 Å². The molecule has 2 rings (SSSR count). The van der Waals surface area contributed by atoms with Crippen LogP contribution in [0, 0.1) is 0 Å². The third kappa shape index (κ3) is 2.13. The summed E-state index contributed by atoms with van der Waals surface area (Å²) in [5.41, 5.74) is 0. The van der Waals surface area contributed by atoms with E-state index in [1.807, 2.05) is 18.2 Å². The van der Waals surface area contributed by atoms with Crippen LogP contribution in [0.15, 0.2) is 28.9 Å². The van der Waals surface area contributed by atoms with Crippen molar-refractivity contribution in [2.24, 2.45) is 0 Å². The third-order valence-electron chi connectivity index (χ3n) is 2.16. The number of ether oxygens (including phenoxy) is 1. The molecule has 0 saturated heterocycles. The van der Waals surface area contributed by atoms with Gasteiger partial charge in [0.1, 0.15) is 5.76 Å². The second-order valence-corrected chi connectivity index (χ2v) is 3.54. The Kier molecular flexibility index (Phi) is 2.92. The van der Waals surface area contributed by atoms with Crippen LogP contribution in [0.25, 0.3) is 10.8 Å². The molecule has 2 aromatic rings. The number of carbonyl (C=O) groups is 1. The van der Waals surface area contributed by atoms with Crippen molar-refractivity contribution in [3.63, 3.8) is 0 Å². The van der Waals surface area contributed by atoms with E-state index < -0.39 is 0 Å². The molecule has 0 spiro atoms. The second-order valence-electron chi connectivity index (χ2n) is 3.11. The molecule has 0 aliphatic heterocycles. The molecule has 0 aliphatic carbocycles. The van der Waals surface area contributed by atoms with E-state index in [1.165, 1.54) is 0 Å². The van der Waals surface area contributed by atoms with E-state index in [0.717, 1.165) is 16.5 Å². The maximum atomic E-state index is 9.97. The van der Waals surface area contributed by atoms with E-state index in [-0.39, 0.29) is 0 Å². The molecule has 0 atom stereocenters. The van der Waals surface area contributed by atoms with Crippen molar-refractivity contribution in [2.75, 3.05) is 6.61 Å². The van der Waals surface area contributed by atoms with Gasteiger partial charge in [-0.25, -0.2) is 0 Å². The minimum atomic E-state index is 0.328. The molecule has 0 saturated carbocycles. The molecule has 4 heteroatoms. The second kappa shape index (κ2) is 4.36. The summed E-state index contributed by atoms with van der Waals surface area (Å²) in [4.78, 5) is 9.97. The summed E-state index contributed by atoms with van der Waals surface area (Å²) in [6, 6.07) is 5.55. The van der Waals surface area contributed by atoms with Crippen LogP contribution in [0.1, 0.15) is 5.76 Å². The highest BCUT2D eigenvalue weighted by Crippen LogP contribution is 2.24. The van der Waals surface area contributed by atoms with Gasteiger partial charge in [0.25, 0.3) is 6.47 Å². The van der Waals surface area contributed by atoms with Crippen molar-refractivity contribution in [2.45, 2.75) is 6.42 Å². The summed E-state index contributed by atoms with van der Waals surface area (Å²) in [5.74, 6) is 0.809. The van der Waals surface area contributed by atoms with Crippen LogP contribution >= 0.6 is 11.6 Å². The van der Waals surface area contributed by atoms with Crippen LogP contribution in [0.3, 0.4) is 0 Å². The smallest absolute Gasteiger partial charge is 0.293 e. The molecule has 0 bridgehead atoms. The SMILES string of the molecule is O=COCCc1occ2cc(Cl)ccc12. The number of carbonyl (C=O) groups excluding carboxylic acids is 1. The lowest BCUT2D eigenvalue weighted by Gasteiger charge is -1.97. The lowest BCUT2D eigenvalue weighted by atomic mass is 10.1. The number of fused-ring (bicyclic) bond motifs is 1. The van der Waals surface area contributed by atoms with Gasteiger partial charge in [0, 0.05) is 22.2 Å². The van der Waals surface area contributed by atoms with Gasteiger partial charge in [-0.1, -0.05) is 11.6 Å². The molecule has 0 N–H and O–H groups in total. The number of hydrogen-bond donors (Lipinski definition) is 0. The molecule has 0 fully saturated rings. The van der Waals surface area contributed by atoms with Crippen LogP contribution < -0.4 is 0 Å². The minimum Gasteiger partial charge on any atom is -0.468 e. The first-order valence-electron chi connectivity index (χ1n) is 4.52. The number of hydrogen-bond acceptors (Lipinski definition) is 3. The molecular formula is C11H9ClO3. The fourth-order valence-electron chi connectivity index (χ4n) is 1.48. The predicted molar refractivity (Wildman–Crippen MR) is 56.9 cm³/mol. The maximum Gasteiger partial charge on any atom is 0.293 e. The molecule has 1 heterocycles. The van der Waals surface area contributed by atoms with Gasteiger partial charge in [-0.15, -0.1) is 0 Å². The van der Waals surface area contributed by atoms with Gasteiger partial charge >= 0.3 is 0 Å². The van der Waals surface area contributed by atoms with Crippen LogP contribution in [-0.4, -0.2) is 13.1 Å². The van der Waals surface area contributed by atoms with E-state index >= 15 is 0 Å². The summed E-state index contributed by atoms with van der Waals surface area (Å²) >= 11 is 5.84. The van der Waals surface area contributed by atoms with Crippen LogP contribution in [-0.2, 0) is 16.0 Å². The largest absolute Gasteiger partial charge is 0.468 e. The van der Waals surface area contributed by atoms with Gasteiger partial charge < -0.3 is 9.15 Å². The lowest BCUT2D eigenvalue weighted by Crippen LogP contribution is -1.95. The van der Waals surface area contributed by atoms with E-state index in [1.54, 1.807) is 6.26 Å². The van der Waals surface area contributed by atoms with Crippen LogP contribution in [0.4, 0.5) is 0 Å². The fourth-order valence-corrected chi connectivity index (χ4v) is 1.66. The van der Waals surface area contributed by atoms with Gasteiger partial charge in [0.15, 0.2) is 0 Å². The predicted octanol–water partition coefficient (Wildman–Crippen LogP) is 2.80. The Balaban J connectivity index is 2.24. The number of rotatable bonds is 4. The number of halogens is 1. The number of benzene rings is 1. The summed E-state index contributed by atoms with van der Waals surface area (Å²) in [6.45, 7) is 0.761. The zero-order valence-electron chi connectivity index (χ0n) is 7.90. The molecule has 3 nitrogen and oxygen atoms in total. The van der Waals surface area contributed by atoms with E-state index in [9.17, 15) is 4.79 Å². The molecule has 0 aliphatic rings. The minimum absolute atomic E-state index is 0.328. The zero-order valence-corrected chi connectivity index (χ0v) is 8.66. The summed E-state index contributed by atoms with van der Waals surface area (Å²) in [6.07, 6.45) is 2.22. The van der Waals surface area contributed by atoms with Crippen LogP contribution in [0.5, 0.6) is 0 Å². The van der Waals surface area contributed by atoms with Crippen molar-refractivity contribution in [1.82, 2.24) is 0 Å². The van der Waals surface area contributed by atoms with Gasteiger partial charge in [0.05, 0.1) is 12.9 Å². The third-order valence-corrected chi connectivity index (χ3v) is 2.39. The Morgan fingerprint density at radius 3 is 3.13 bits per heavy atom. The number of furan rings is 1. The molecule has 15 heavy (non-hydrogen) atoms. The molecule has 1 aromatic heterocycles. The fraction of sp³-hybridized carbons (Fsp3) is 0.182. The van der Waals surface area contributed by atoms with Gasteiger partial charge in [-0.3, -0.25) is 4.79 Å². The zero-order chi connectivity index (χ0) is 10.7. The first kappa shape index (κ1) is 10.1.